The quantitative estimate of drug-likeness (QED) is 0.788. The van der Waals surface area contributed by atoms with Crippen LogP contribution in [0.25, 0.3) is 0 Å². The molecule has 0 bridgehead atoms. The van der Waals surface area contributed by atoms with Crippen LogP contribution in [0.15, 0.2) is 24.5 Å². The van der Waals surface area contributed by atoms with E-state index >= 15 is 0 Å². The van der Waals surface area contributed by atoms with Crippen LogP contribution in [0.2, 0.25) is 0 Å². The van der Waals surface area contributed by atoms with Crippen molar-refractivity contribution >= 4 is 5.97 Å². The Kier molecular flexibility index (Phi) is 4.42. The van der Waals surface area contributed by atoms with Gasteiger partial charge >= 0.3 is 5.97 Å². The second-order valence-corrected chi connectivity index (χ2v) is 5.08. The average molecular weight is 250 g/mol. The highest BCUT2D eigenvalue weighted by molar-refractivity contribution is 5.74. The van der Waals surface area contributed by atoms with Crippen LogP contribution in [-0.4, -0.2) is 39.7 Å². The van der Waals surface area contributed by atoms with E-state index in [1.807, 2.05) is 24.5 Å². The molecule has 1 N–H and O–H groups in total. The molecule has 4 heteroatoms. The fourth-order valence-corrected chi connectivity index (χ4v) is 2.76. The first kappa shape index (κ1) is 13.1. The van der Waals surface area contributed by atoms with Crippen molar-refractivity contribution in [3.8, 4) is 0 Å². The third-order valence-corrected chi connectivity index (χ3v) is 3.76. The summed E-state index contributed by atoms with van der Waals surface area (Å²) in [5.41, 5.74) is 0. The molecule has 1 fully saturated rings. The van der Waals surface area contributed by atoms with Gasteiger partial charge in [0.05, 0.1) is 0 Å². The van der Waals surface area contributed by atoms with Crippen molar-refractivity contribution in [2.45, 2.75) is 44.7 Å². The molecular weight excluding hydrogens is 228 g/mol. The van der Waals surface area contributed by atoms with E-state index < -0.39 is 5.97 Å². The monoisotopic (exact) mass is 250 g/mol. The number of aliphatic carboxylic acids is 1. The molecule has 1 aromatic rings. The van der Waals surface area contributed by atoms with Crippen molar-refractivity contribution in [1.29, 1.82) is 0 Å². The largest absolute Gasteiger partial charge is 0.480 e. The summed E-state index contributed by atoms with van der Waals surface area (Å²) >= 11 is 0. The zero-order valence-electron chi connectivity index (χ0n) is 11.0. The molecular formula is C14H22N2O2. The highest BCUT2D eigenvalue weighted by atomic mass is 16.4. The van der Waals surface area contributed by atoms with Gasteiger partial charge < -0.3 is 9.67 Å². The maximum atomic E-state index is 11.3. The SMILES string of the molecule is CCCCCN1CC(n2cccc2)CC1C(=O)O. The van der Waals surface area contributed by atoms with Gasteiger partial charge in [-0.1, -0.05) is 19.8 Å². The Morgan fingerprint density at radius 2 is 2.06 bits per heavy atom. The van der Waals surface area contributed by atoms with Crippen molar-refractivity contribution in [3.63, 3.8) is 0 Å². The van der Waals surface area contributed by atoms with Gasteiger partial charge in [0.25, 0.3) is 0 Å². The van der Waals surface area contributed by atoms with Gasteiger partial charge in [-0.2, -0.15) is 0 Å². The Morgan fingerprint density at radius 3 is 2.67 bits per heavy atom. The van der Waals surface area contributed by atoms with Crippen molar-refractivity contribution in [1.82, 2.24) is 9.47 Å². The lowest BCUT2D eigenvalue weighted by Crippen LogP contribution is -2.36. The number of hydrogen-bond donors (Lipinski definition) is 1. The number of carboxylic acids is 1. The normalized spacial score (nSPS) is 24.5. The van der Waals surface area contributed by atoms with Crippen molar-refractivity contribution in [2.24, 2.45) is 0 Å². The lowest BCUT2D eigenvalue weighted by Gasteiger charge is -2.20. The number of hydrogen-bond acceptors (Lipinski definition) is 2. The molecule has 2 rings (SSSR count). The Hall–Kier alpha value is -1.29. The van der Waals surface area contributed by atoms with E-state index in [0.29, 0.717) is 6.04 Å². The predicted octanol–water partition coefficient (Wildman–Crippen LogP) is 2.38. The first-order chi connectivity index (χ1) is 8.72. The summed E-state index contributed by atoms with van der Waals surface area (Å²) in [4.78, 5) is 13.4. The molecule has 2 heterocycles. The fourth-order valence-electron chi connectivity index (χ4n) is 2.76. The first-order valence-corrected chi connectivity index (χ1v) is 6.81. The maximum absolute atomic E-state index is 11.3. The molecule has 100 valence electrons. The highest BCUT2D eigenvalue weighted by Gasteiger charge is 2.36. The summed E-state index contributed by atoms with van der Waals surface area (Å²) in [5, 5.41) is 9.30. The third-order valence-electron chi connectivity index (χ3n) is 3.76. The maximum Gasteiger partial charge on any atom is 0.321 e. The summed E-state index contributed by atoms with van der Waals surface area (Å²) in [7, 11) is 0. The molecule has 4 nitrogen and oxygen atoms in total. The number of unbranched alkanes of at least 4 members (excludes halogenated alkanes) is 2. The average Bonchev–Trinajstić information content (AvgIpc) is 2.97. The van der Waals surface area contributed by atoms with Gasteiger partial charge in [-0.3, -0.25) is 9.69 Å². The van der Waals surface area contributed by atoms with Crippen molar-refractivity contribution < 1.29 is 9.90 Å². The number of carboxylic acid groups (broad SMARTS) is 1. The Morgan fingerprint density at radius 1 is 1.33 bits per heavy atom. The van der Waals surface area contributed by atoms with Crippen LogP contribution in [0.4, 0.5) is 0 Å². The van der Waals surface area contributed by atoms with E-state index in [4.69, 9.17) is 0 Å². The Balaban J connectivity index is 1.97. The van der Waals surface area contributed by atoms with Crippen molar-refractivity contribution in [3.05, 3.63) is 24.5 Å². The second-order valence-electron chi connectivity index (χ2n) is 5.08. The number of likely N-dealkylation sites (tertiary alicyclic amines) is 1. The summed E-state index contributed by atoms with van der Waals surface area (Å²) in [6.07, 6.45) is 8.22. The first-order valence-electron chi connectivity index (χ1n) is 6.81. The lowest BCUT2D eigenvalue weighted by molar-refractivity contribution is -0.142. The second kappa shape index (κ2) is 6.05. The van der Waals surface area contributed by atoms with E-state index in [9.17, 15) is 9.90 Å². The summed E-state index contributed by atoms with van der Waals surface area (Å²) in [5.74, 6) is -0.679. The molecule has 0 spiro atoms. The molecule has 2 atom stereocenters. The molecule has 0 amide bonds. The van der Waals surface area contributed by atoms with Gasteiger partial charge in [-0.15, -0.1) is 0 Å². The van der Waals surface area contributed by atoms with Gasteiger partial charge in [0.1, 0.15) is 6.04 Å². The van der Waals surface area contributed by atoms with Crippen LogP contribution >= 0.6 is 0 Å². The smallest absolute Gasteiger partial charge is 0.321 e. The topological polar surface area (TPSA) is 45.5 Å². The summed E-state index contributed by atoms with van der Waals surface area (Å²) < 4.78 is 2.13. The minimum absolute atomic E-state index is 0.308. The van der Waals surface area contributed by atoms with E-state index in [0.717, 1.165) is 25.9 Å². The zero-order valence-corrected chi connectivity index (χ0v) is 11.0. The van der Waals surface area contributed by atoms with E-state index in [2.05, 4.69) is 16.4 Å². The highest BCUT2D eigenvalue weighted by Crippen LogP contribution is 2.27. The zero-order chi connectivity index (χ0) is 13.0. The lowest BCUT2D eigenvalue weighted by atomic mass is 10.1. The van der Waals surface area contributed by atoms with Crippen molar-refractivity contribution in [2.75, 3.05) is 13.1 Å². The number of aromatic nitrogens is 1. The van der Waals surface area contributed by atoms with Gasteiger partial charge in [-0.05, 0) is 31.5 Å². The number of nitrogens with zero attached hydrogens (tertiary/aromatic N) is 2. The molecule has 0 aliphatic carbocycles. The molecule has 18 heavy (non-hydrogen) atoms. The summed E-state index contributed by atoms with van der Waals surface area (Å²) in [6.45, 7) is 3.93. The van der Waals surface area contributed by atoms with Gasteiger partial charge in [0.15, 0.2) is 0 Å². The molecule has 1 aliphatic heterocycles. The van der Waals surface area contributed by atoms with E-state index in [1.165, 1.54) is 12.8 Å². The van der Waals surface area contributed by atoms with E-state index in [1.54, 1.807) is 0 Å². The summed E-state index contributed by atoms with van der Waals surface area (Å²) in [6, 6.07) is 3.99. The van der Waals surface area contributed by atoms with Crippen LogP contribution in [0, 0.1) is 0 Å². The molecule has 2 unspecified atom stereocenters. The van der Waals surface area contributed by atoms with Gasteiger partial charge in [0, 0.05) is 25.0 Å². The predicted molar refractivity (Wildman–Crippen MR) is 70.6 cm³/mol. The van der Waals surface area contributed by atoms with Crippen LogP contribution in [0.3, 0.4) is 0 Å². The Labute approximate surface area is 108 Å². The molecule has 0 saturated carbocycles. The number of carbonyl (C=O) groups is 1. The van der Waals surface area contributed by atoms with Crippen LogP contribution in [-0.2, 0) is 4.79 Å². The van der Waals surface area contributed by atoms with E-state index in [-0.39, 0.29) is 6.04 Å². The minimum atomic E-state index is -0.679. The third kappa shape index (κ3) is 2.93. The Bertz CT molecular complexity index is 375. The van der Waals surface area contributed by atoms with Crippen LogP contribution in [0.1, 0.15) is 38.6 Å². The fraction of sp³-hybridized carbons (Fsp3) is 0.643. The van der Waals surface area contributed by atoms with Gasteiger partial charge in [0.2, 0.25) is 0 Å². The molecule has 1 saturated heterocycles. The molecule has 0 radical (unpaired) electrons. The van der Waals surface area contributed by atoms with Crippen LogP contribution in [0.5, 0.6) is 0 Å². The minimum Gasteiger partial charge on any atom is -0.480 e. The molecule has 1 aromatic heterocycles. The standard InChI is InChI=1S/C14H22N2O2/c1-2-3-4-9-16-11-12(10-13(16)14(17)18)15-7-5-6-8-15/h5-8,12-13H,2-4,9-11H2,1H3,(H,17,18). The molecule has 1 aliphatic rings. The van der Waals surface area contributed by atoms with Crippen LogP contribution < -0.4 is 0 Å². The van der Waals surface area contributed by atoms with Gasteiger partial charge in [-0.25, -0.2) is 0 Å². The number of rotatable bonds is 6. The molecule has 0 aromatic carbocycles.